The summed E-state index contributed by atoms with van der Waals surface area (Å²) in [4.78, 5) is 67.8. The molecule has 4 atom stereocenters. The highest BCUT2D eigenvalue weighted by atomic mass is 79.9. The first-order chi connectivity index (χ1) is 28.0. The predicted octanol–water partition coefficient (Wildman–Crippen LogP) is 3.12. The Balaban J connectivity index is 1.50. The van der Waals surface area contributed by atoms with E-state index in [1.165, 1.54) is 68.2 Å². The second-order valence-electron chi connectivity index (χ2n) is 13.7. The van der Waals surface area contributed by atoms with Gasteiger partial charge in [-0.1, -0.05) is 43.6 Å². The standard InChI is InChI=1S/C39H49BrN4O13S2/c1-5-19-41(20-6-2)58(52,53)29-13-9-26(10-14-29)36(48)44-37(49)28(17-18-40)24-43(39(44)51)33-23-31(45)35(57-33)34(47)32(46)25-56-38(50)27-11-15-30(16-12-27)59(54,55)42(21-7-3)22-8-4/h9-18,24,31,33-35,45,47H,5-8,19-23,25H2,1-4H3/t31-,33+,34?,35-/m0/s1. The first-order valence-electron chi connectivity index (χ1n) is 19.1. The molecule has 2 aromatic carbocycles. The third-order valence-electron chi connectivity index (χ3n) is 9.38. The molecule has 0 radical (unpaired) electrons. The number of rotatable bonds is 20. The van der Waals surface area contributed by atoms with Crippen molar-refractivity contribution in [1.29, 1.82) is 0 Å². The Kier molecular flexibility index (Phi) is 16.8. The van der Waals surface area contributed by atoms with Gasteiger partial charge in [0.1, 0.15) is 18.4 Å². The topological polar surface area (TPSA) is 229 Å². The Labute approximate surface area is 351 Å². The van der Waals surface area contributed by atoms with Crippen molar-refractivity contribution in [3.05, 3.63) is 97.2 Å². The van der Waals surface area contributed by atoms with Crippen LogP contribution in [0.15, 0.2) is 79.1 Å². The molecule has 2 N–H and O–H groups in total. The van der Waals surface area contributed by atoms with Crippen molar-refractivity contribution < 1.29 is 50.9 Å². The lowest BCUT2D eigenvalue weighted by Gasteiger charge is -2.21. The number of aliphatic hydroxyl groups is 2. The molecule has 1 saturated heterocycles. The molecule has 1 fully saturated rings. The van der Waals surface area contributed by atoms with Crippen molar-refractivity contribution in [3.63, 3.8) is 0 Å². The molecule has 2 heterocycles. The fourth-order valence-electron chi connectivity index (χ4n) is 6.44. The summed E-state index contributed by atoms with van der Waals surface area (Å²) in [7, 11) is -7.70. The fraction of sp³-hybridized carbons (Fsp3) is 0.462. The van der Waals surface area contributed by atoms with Gasteiger partial charge in [-0.25, -0.2) is 26.4 Å². The maximum Gasteiger partial charge on any atom is 0.340 e. The van der Waals surface area contributed by atoms with Gasteiger partial charge in [0.2, 0.25) is 25.8 Å². The second-order valence-corrected chi connectivity index (χ2v) is 18.1. The van der Waals surface area contributed by atoms with E-state index in [-0.39, 0.29) is 32.9 Å². The molecule has 0 aliphatic carbocycles. The molecule has 59 heavy (non-hydrogen) atoms. The summed E-state index contributed by atoms with van der Waals surface area (Å²) < 4.78 is 67.3. The van der Waals surface area contributed by atoms with E-state index in [1.54, 1.807) is 0 Å². The van der Waals surface area contributed by atoms with Crippen LogP contribution in [0, 0.1) is 0 Å². The average Bonchev–Trinajstić information content (AvgIpc) is 3.61. The number of carbonyl (C=O) groups is 3. The van der Waals surface area contributed by atoms with Gasteiger partial charge in [-0.05, 0) is 85.3 Å². The number of carbonyl (C=O) groups excluding carboxylic acids is 3. The summed E-state index contributed by atoms with van der Waals surface area (Å²) in [6, 6.07) is 9.76. The Morgan fingerprint density at radius 3 is 1.78 bits per heavy atom. The van der Waals surface area contributed by atoms with Gasteiger partial charge in [-0.15, -0.1) is 0 Å². The number of hydrogen-bond donors (Lipinski definition) is 2. The lowest BCUT2D eigenvalue weighted by Crippen LogP contribution is -2.46. The molecule has 1 aliphatic heterocycles. The fourth-order valence-corrected chi connectivity index (χ4v) is 9.97. The number of Topliss-reactive ketones (excluding diaryl/α,β-unsaturated/α-hetero) is 1. The zero-order valence-corrected chi connectivity index (χ0v) is 36.3. The average molecular weight is 926 g/mol. The van der Waals surface area contributed by atoms with Crippen LogP contribution in [0.1, 0.15) is 92.3 Å². The summed E-state index contributed by atoms with van der Waals surface area (Å²) in [5.41, 5.74) is -2.61. The van der Waals surface area contributed by atoms with Crippen LogP contribution in [0.5, 0.6) is 0 Å². The number of hydrogen-bond acceptors (Lipinski definition) is 13. The molecule has 0 amide bonds. The molecular weight excluding hydrogens is 876 g/mol. The molecule has 0 bridgehead atoms. The maximum atomic E-state index is 13.8. The lowest BCUT2D eigenvalue weighted by molar-refractivity contribution is -0.144. The van der Waals surface area contributed by atoms with Crippen molar-refractivity contribution in [2.24, 2.45) is 0 Å². The van der Waals surface area contributed by atoms with Crippen LogP contribution in [0.3, 0.4) is 0 Å². The highest BCUT2D eigenvalue weighted by Crippen LogP contribution is 2.30. The first-order valence-corrected chi connectivity index (χ1v) is 22.9. The number of ketones is 1. The van der Waals surface area contributed by atoms with E-state index >= 15 is 0 Å². The molecule has 17 nitrogen and oxygen atoms in total. The van der Waals surface area contributed by atoms with Crippen LogP contribution in [0.25, 0.3) is 6.08 Å². The lowest BCUT2D eigenvalue weighted by atomic mass is 10.0. The maximum absolute atomic E-state index is 13.8. The van der Waals surface area contributed by atoms with Gasteiger partial charge < -0.3 is 19.7 Å². The quantitative estimate of drug-likeness (QED) is 0.156. The highest BCUT2D eigenvalue weighted by Gasteiger charge is 2.43. The summed E-state index contributed by atoms with van der Waals surface area (Å²) in [5.74, 6) is -3.14. The zero-order valence-electron chi connectivity index (χ0n) is 33.1. The minimum Gasteiger partial charge on any atom is -0.454 e. The van der Waals surface area contributed by atoms with Crippen molar-refractivity contribution in [1.82, 2.24) is 17.7 Å². The minimum absolute atomic E-state index is 0.0259. The van der Waals surface area contributed by atoms with Gasteiger partial charge in [0.25, 0.3) is 11.5 Å². The van der Waals surface area contributed by atoms with Gasteiger partial charge in [0.05, 0.1) is 27.0 Å². The number of benzene rings is 2. The van der Waals surface area contributed by atoms with E-state index in [1.807, 2.05) is 27.7 Å². The van der Waals surface area contributed by atoms with E-state index in [9.17, 15) is 51.0 Å². The number of nitrogens with zero attached hydrogens (tertiary/aromatic N) is 4. The zero-order chi connectivity index (χ0) is 43.7. The molecule has 1 aromatic heterocycles. The second kappa shape index (κ2) is 20.9. The molecule has 4 rings (SSSR count). The number of halogens is 1. The summed E-state index contributed by atoms with van der Waals surface area (Å²) >= 11 is 3.07. The van der Waals surface area contributed by atoms with Crippen LogP contribution in [0.2, 0.25) is 0 Å². The van der Waals surface area contributed by atoms with E-state index in [0.29, 0.717) is 56.4 Å². The molecular formula is C39H49BrN4O13S2. The summed E-state index contributed by atoms with van der Waals surface area (Å²) in [5, 5.41) is 21.7. The van der Waals surface area contributed by atoms with Crippen LogP contribution in [-0.4, -0.2) is 114 Å². The van der Waals surface area contributed by atoms with E-state index < -0.39 is 80.1 Å². The van der Waals surface area contributed by atoms with Crippen molar-refractivity contribution in [2.45, 2.75) is 94.1 Å². The molecule has 3 aromatic rings. The molecule has 322 valence electrons. The molecule has 0 spiro atoms. The summed E-state index contributed by atoms with van der Waals surface area (Å²) in [6.07, 6.45) is -2.26. The van der Waals surface area contributed by atoms with Gasteiger partial charge in [-0.2, -0.15) is 13.2 Å². The van der Waals surface area contributed by atoms with E-state index in [0.717, 1.165) is 10.8 Å². The smallest absolute Gasteiger partial charge is 0.340 e. The Morgan fingerprint density at radius 2 is 1.32 bits per heavy atom. The van der Waals surface area contributed by atoms with E-state index in [2.05, 4.69) is 15.9 Å². The number of esters is 1. The van der Waals surface area contributed by atoms with Crippen LogP contribution >= 0.6 is 15.9 Å². The molecule has 0 saturated carbocycles. The van der Waals surface area contributed by atoms with Gasteiger partial charge in [-0.3, -0.25) is 19.0 Å². The number of ether oxygens (including phenoxy) is 2. The third-order valence-corrected chi connectivity index (χ3v) is 13.5. The van der Waals surface area contributed by atoms with Crippen molar-refractivity contribution in [3.8, 4) is 0 Å². The summed E-state index contributed by atoms with van der Waals surface area (Å²) in [6.45, 7) is 7.70. The largest absolute Gasteiger partial charge is 0.454 e. The Morgan fingerprint density at radius 1 is 0.847 bits per heavy atom. The van der Waals surface area contributed by atoms with Crippen molar-refractivity contribution >= 4 is 59.7 Å². The number of aliphatic hydroxyl groups excluding tert-OH is 2. The van der Waals surface area contributed by atoms with E-state index in [4.69, 9.17) is 9.47 Å². The third kappa shape index (κ3) is 10.8. The van der Waals surface area contributed by atoms with Crippen molar-refractivity contribution in [2.75, 3.05) is 32.8 Å². The molecule has 20 heteroatoms. The monoisotopic (exact) mass is 924 g/mol. The van der Waals surface area contributed by atoms with Crippen LogP contribution in [0.4, 0.5) is 0 Å². The SMILES string of the molecule is CCCN(CCC)S(=O)(=O)c1ccc(C(=O)OCC(=O)C(O)[C@H]2O[C@@H](n3cc(C=CBr)c(=O)n(C(=O)c4ccc(S(=O)(=O)N(CCC)CCC)cc4)c3=O)C[C@@H]2O)cc1. The first kappa shape index (κ1) is 47.5. The molecule has 1 aliphatic rings. The Hall–Kier alpha value is -4.15. The van der Waals surface area contributed by atoms with Gasteiger partial charge in [0, 0.05) is 44.4 Å². The number of sulfonamides is 2. The number of aromatic nitrogens is 2. The van der Waals surface area contributed by atoms with Crippen LogP contribution < -0.4 is 11.2 Å². The highest BCUT2D eigenvalue weighted by molar-refractivity contribution is 9.11. The van der Waals surface area contributed by atoms with Gasteiger partial charge >= 0.3 is 11.7 Å². The van der Waals surface area contributed by atoms with Crippen LogP contribution in [-0.2, 0) is 34.3 Å². The van der Waals surface area contributed by atoms with Gasteiger partial charge in [0.15, 0.2) is 6.61 Å². The predicted molar refractivity (Wildman–Crippen MR) is 220 cm³/mol. The molecule has 1 unspecified atom stereocenters. The minimum atomic E-state index is -3.89. The Bertz CT molecular complexity index is 2330. The normalized spacial score (nSPS) is 17.8.